The summed E-state index contributed by atoms with van der Waals surface area (Å²) in [6.45, 7) is 8.84. The Kier molecular flexibility index (Phi) is 4.81. The molecule has 4 rings (SSSR count). The number of hydrogen-bond donors (Lipinski definition) is 0. The Hall–Kier alpha value is -2.86. The molecule has 1 aromatic carbocycles. The number of carbonyl (C=O) groups is 1. The topological polar surface area (TPSA) is 56.6 Å². The first-order chi connectivity index (χ1) is 13.4. The van der Waals surface area contributed by atoms with Crippen molar-refractivity contribution in [2.24, 2.45) is 0 Å². The highest BCUT2D eigenvalue weighted by molar-refractivity contribution is 6.00. The second kappa shape index (κ2) is 7.28. The molecule has 0 saturated carbocycles. The summed E-state index contributed by atoms with van der Waals surface area (Å²) in [6.07, 6.45) is 4.95. The smallest absolute Gasteiger partial charge is 0.419 e. The number of nitrogens with zero attached hydrogens (tertiary/aromatic N) is 3. The molecular weight excluding hydrogens is 354 g/mol. The van der Waals surface area contributed by atoms with E-state index in [9.17, 15) is 4.79 Å². The van der Waals surface area contributed by atoms with Gasteiger partial charge in [-0.3, -0.25) is 9.55 Å². The van der Waals surface area contributed by atoms with Crippen LogP contribution in [0.1, 0.15) is 20.8 Å². The number of fused-ring (bicyclic) bond motifs is 1. The van der Waals surface area contributed by atoms with E-state index in [0.29, 0.717) is 0 Å². The van der Waals surface area contributed by atoms with Gasteiger partial charge in [0.05, 0.1) is 18.7 Å². The van der Waals surface area contributed by atoms with E-state index in [2.05, 4.69) is 28.1 Å². The molecule has 3 heterocycles. The van der Waals surface area contributed by atoms with E-state index in [1.165, 1.54) is 0 Å². The van der Waals surface area contributed by atoms with Crippen molar-refractivity contribution in [1.82, 2.24) is 9.55 Å². The fraction of sp³-hybridized carbons (Fsp3) is 0.364. The van der Waals surface area contributed by atoms with Gasteiger partial charge in [-0.05, 0) is 44.5 Å². The minimum absolute atomic E-state index is 0.390. The molecule has 0 N–H and O–H groups in total. The predicted octanol–water partition coefficient (Wildman–Crippen LogP) is 4.32. The van der Waals surface area contributed by atoms with Gasteiger partial charge in [0.2, 0.25) is 0 Å². The highest BCUT2D eigenvalue weighted by Crippen LogP contribution is 2.33. The maximum atomic E-state index is 12.7. The number of hydrogen-bond acceptors (Lipinski definition) is 5. The fourth-order valence-electron chi connectivity index (χ4n) is 3.46. The molecule has 6 nitrogen and oxygen atoms in total. The quantitative estimate of drug-likeness (QED) is 0.664. The van der Waals surface area contributed by atoms with Gasteiger partial charge in [-0.25, -0.2) is 4.79 Å². The molecule has 0 bridgehead atoms. The zero-order chi connectivity index (χ0) is 19.7. The molecule has 0 unspecified atom stereocenters. The van der Waals surface area contributed by atoms with Crippen LogP contribution in [0.3, 0.4) is 0 Å². The van der Waals surface area contributed by atoms with Crippen molar-refractivity contribution < 1.29 is 14.3 Å². The molecule has 0 atom stereocenters. The number of rotatable bonds is 2. The Morgan fingerprint density at radius 3 is 2.71 bits per heavy atom. The minimum atomic E-state index is -0.558. The third-order valence-electron chi connectivity index (χ3n) is 4.73. The Balaban J connectivity index is 1.76. The van der Waals surface area contributed by atoms with E-state index in [1.807, 2.05) is 39.1 Å². The van der Waals surface area contributed by atoms with Crippen LogP contribution in [0.25, 0.3) is 22.0 Å². The van der Waals surface area contributed by atoms with E-state index in [4.69, 9.17) is 9.47 Å². The Morgan fingerprint density at radius 2 is 1.96 bits per heavy atom. The maximum Gasteiger partial charge on any atom is 0.419 e. The fourth-order valence-corrected chi connectivity index (χ4v) is 3.46. The van der Waals surface area contributed by atoms with Crippen molar-refractivity contribution >= 4 is 22.7 Å². The summed E-state index contributed by atoms with van der Waals surface area (Å²) in [4.78, 5) is 19.3. The average Bonchev–Trinajstić information content (AvgIpc) is 3.07. The molecule has 6 heteroatoms. The van der Waals surface area contributed by atoms with E-state index in [1.54, 1.807) is 17.0 Å². The van der Waals surface area contributed by atoms with Crippen LogP contribution >= 0.6 is 0 Å². The molecular formula is C22H25N3O3. The monoisotopic (exact) mass is 379 g/mol. The van der Waals surface area contributed by atoms with Crippen molar-refractivity contribution in [3.05, 3.63) is 48.9 Å². The molecule has 1 aliphatic rings. The van der Waals surface area contributed by atoms with Crippen molar-refractivity contribution in [3.63, 3.8) is 0 Å². The van der Waals surface area contributed by atoms with Gasteiger partial charge in [-0.1, -0.05) is 12.1 Å². The summed E-state index contributed by atoms with van der Waals surface area (Å²) in [5.41, 5.74) is 3.39. The van der Waals surface area contributed by atoms with E-state index in [0.717, 1.165) is 54.0 Å². The minimum Gasteiger partial charge on any atom is -0.443 e. The first-order valence-electron chi connectivity index (χ1n) is 9.54. The first-order valence-corrected chi connectivity index (χ1v) is 9.54. The van der Waals surface area contributed by atoms with Crippen LogP contribution in [0.5, 0.6) is 0 Å². The number of morpholine rings is 1. The van der Waals surface area contributed by atoms with Crippen LogP contribution in [0.4, 0.5) is 10.5 Å². The largest absolute Gasteiger partial charge is 0.443 e. The van der Waals surface area contributed by atoms with Crippen LogP contribution in [-0.2, 0) is 9.47 Å². The molecule has 1 aliphatic heterocycles. The molecule has 1 saturated heterocycles. The van der Waals surface area contributed by atoms with E-state index >= 15 is 0 Å². The molecule has 0 radical (unpaired) electrons. The van der Waals surface area contributed by atoms with Gasteiger partial charge < -0.3 is 14.4 Å². The van der Waals surface area contributed by atoms with Crippen molar-refractivity contribution in [3.8, 4) is 11.1 Å². The van der Waals surface area contributed by atoms with Crippen molar-refractivity contribution in [2.75, 3.05) is 31.2 Å². The second-order valence-corrected chi connectivity index (χ2v) is 7.94. The van der Waals surface area contributed by atoms with Crippen LogP contribution in [0.15, 0.2) is 48.9 Å². The molecule has 0 spiro atoms. The Bertz CT molecular complexity index is 998. The summed E-state index contributed by atoms with van der Waals surface area (Å²) in [7, 11) is 0. The lowest BCUT2D eigenvalue weighted by Gasteiger charge is -2.29. The Labute approximate surface area is 164 Å². The van der Waals surface area contributed by atoms with Gasteiger partial charge >= 0.3 is 6.09 Å². The van der Waals surface area contributed by atoms with Gasteiger partial charge in [0.1, 0.15) is 5.60 Å². The standard InChI is InChI=1S/C22H25N3O3/c1-22(2,3)28-21(26)25-15-19(18-14-23-8-7-20(18)25)16-5-4-6-17(13-16)24-9-11-27-12-10-24/h4-8,13-15H,9-12H2,1-3H3. The first kappa shape index (κ1) is 18.5. The van der Waals surface area contributed by atoms with Crippen LogP contribution in [0.2, 0.25) is 0 Å². The molecule has 0 amide bonds. The zero-order valence-corrected chi connectivity index (χ0v) is 16.5. The summed E-state index contributed by atoms with van der Waals surface area (Å²) in [5, 5.41) is 0.924. The lowest BCUT2D eigenvalue weighted by molar-refractivity contribution is 0.0544. The zero-order valence-electron chi connectivity index (χ0n) is 16.5. The molecule has 0 aliphatic carbocycles. The third kappa shape index (κ3) is 3.73. The average molecular weight is 379 g/mol. The number of anilines is 1. The molecule has 1 fully saturated rings. The number of benzene rings is 1. The second-order valence-electron chi connectivity index (χ2n) is 7.94. The van der Waals surface area contributed by atoms with Crippen LogP contribution < -0.4 is 4.90 Å². The van der Waals surface area contributed by atoms with Gasteiger partial charge in [0, 0.05) is 48.3 Å². The lowest BCUT2D eigenvalue weighted by atomic mass is 10.0. The number of ether oxygens (including phenoxy) is 2. The van der Waals surface area contributed by atoms with Crippen LogP contribution in [0, 0.1) is 0 Å². The summed E-state index contributed by atoms with van der Waals surface area (Å²) in [5.74, 6) is 0. The van der Waals surface area contributed by atoms with Gasteiger partial charge in [0.25, 0.3) is 0 Å². The van der Waals surface area contributed by atoms with Crippen molar-refractivity contribution in [2.45, 2.75) is 26.4 Å². The predicted molar refractivity (Wildman–Crippen MR) is 110 cm³/mol. The van der Waals surface area contributed by atoms with Gasteiger partial charge in [-0.2, -0.15) is 0 Å². The van der Waals surface area contributed by atoms with Crippen LogP contribution in [-0.4, -0.2) is 47.5 Å². The van der Waals surface area contributed by atoms with Gasteiger partial charge in [-0.15, -0.1) is 0 Å². The third-order valence-corrected chi connectivity index (χ3v) is 4.73. The number of carbonyl (C=O) groups excluding carboxylic acids is 1. The summed E-state index contributed by atoms with van der Waals surface area (Å²) in [6, 6.07) is 10.2. The van der Waals surface area contributed by atoms with Crippen molar-refractivity contribution in [1.29, 1.82) is 0 Å². The van der Waals surface area contributed by atoms with E-state index in [-0.39, 0.29) is 6.09 Å². The number of aromatic nitrogens is 2. The Morgan fingerprint density at radius 1 is 1.18 bits per heavy atom. The number of pyridine rings is 1. The summed E-state index contributed by atoms with van der Waals surface area (Å²) < 4.78 is 12.6. The highest BCUT2D eigenvalue weighted by Gasteiger charge is 2.21. The maximum absolute atomic E-state index is 12.7. The van der Waals surface area contributed by atoms with E-state index < -0.39 is 5.60 Å². The molecule has 146 valence electrons. The molecule has 28 heavy (non-hydrogen) atoms. The summed E-state index contributed by atoms with van der Waals surface area (Å²) >= 11 is 0. The SMILES string of the molecule is CC(C)(C)OC(=O)n1cc(-c2cccc(N3CCOCC3)c2)c2cnccc21. The molecule has 3 aromatic rings. The molecule has 2 aromatic heterocycles. The lowest BCUT2D eigenvalue weighted by Crippen LogP contribution is -2.36. The highest BCUT2D eigenvalue weighted by atomic mass is 16.6. The normalized spacial score (nSPS) is 15.0. The van der Waals surface area contributed by atoms with Gasteiger partial charge in [0.15, 0.2) is 0 Å².